The molecule has 2 rings (SSSR count). The Morgan fingerprint density at radius 3 is 2.90 bits per heavy atom. The second-order valence-corrected chi connectivity index (χ2v) is 6.72. The monoisotopic (exact) mass is 429 g/mol. The highest BCUT2D eigenvalue weighted by Gasteiger charge is 2.39. The van der Waals surface area contributed by atoms with Gasteiger partial charge in [-0.25, -0.2) is 0 Å². The molecule has 4 nitrogen and oxygen atoms in total. The lowest BCUT2D eigenvalue weighted by Crippen LogP contribution is -2.47. The number of carbonyl (C=O) groups is 1. The van der Waals surface area contributed by atoms with Crippen molar-refractivity contribution in [1.82, 2.24) is 5.32 Å². The molecular formula is C13H14Cl2INO3. The van der Waals surface area contributed by atoms with Crippen molar-refractivity contribution in [2.45, 2.75) is 25.0 Å². The minimum Gasteiger partial charge on any atom is -0.385 e. The predicted molar refractivity (Wildman–Crippen MR) is 86.5 cm³/mol. The molecule has 0 aromatic heterocycles. The first-order valence-electron chi connectivity index (χ1n) is 6.10. The van der Waals surface area contributed by atoms with E-state index in [1.165, 1.54) is 0 Å². The predicted octanol–water partition coefficient (Wildman–Crippen LogP) is 2.87. The summed E-state index contributed by atoms with van der Waals surface area (Å²) in [6, 6.07) is 3.14. The number of ether oxygens (including phenoxy) is 1. The number of rotatable bonds is 3. The summed E-state index contributed by atoms with van der Waals surface area (Å²) in [4.78, 5) is 12.2. The van der Waals surface area contributed by atoms with Gasteiger partial charge < -0.3 is 15.2 Å². The highest BCUT2D eigenvalue weighted by Crippen LogP contribution is 2.28. The van der Waals surface area contributed by atoms with Gasteiger partial charge in [0, 0.05) is 28.2 Å². The van der Waals surface area contributed by atoms with Crippen LogP contribution in [0.15, 0.2) is 12.1 Å². The van der Waals surface area contributed by atoms with Gasteiger partial charge in [0.05, 0.1) is 16.7 Å². The molecule has 2 unspecified atom stereocenters. The van der Waals surface area contributed by atoms with Crippen molar-refractivity contribution in [3.05, 3.63) is 31.3 Å². The molecule has 1 aliphatic heterocycles. The fourth-order valence-electron chi connectivity index (χ4n) is 2.05. The molecule has 2 N–H and O–H groups in total. The van der Waals surface area contributed by atoms with Crippen LogP contribution in [0.2, 0.25) is 10.0 Å². The Morgan fingerprint density at radius 1 is 1.60 bits per heavy atom. The Bertz CT molecular complexity index is 541. The van der Waals surface area contributed by atoms with Gasteiger partial charge in [-0.3, -0.25) is 4.79 Å². The first-order chi connectivity index (χ1) is 9.33. The minimum atomic E-state index is -1.02. The zero-order valence-electron chi connectivity index (χ0n) is 10.8. The summed E-state index contributed by atoms with van der Waals surface area (Å²) in [6.45, 7) is 2.42. The first-order valence-corrected chi connectivity index (χ1v) is 7.94. The Morgan fingerprint density at radius 2 is 2.30 bits per heavy atom. The van der Waals surface area contributed by atoms with Gasteiger partial charge in [0.1, 0.15) is 5.60 Å². The van der Waals surface area contributed by atoms with E-state index in [1.807, 2.05) is 22.6 Å². The lowest BCUT2D eigenvalue weighted by atomic mass is 9.96. The van der Waals surface area contributed by atoms with Crippen LogP contribution >= 0.6 is 45.8 Å². The van der Waals surface area contributed by atoms with Gasteiger partial charge in [-0.1, -0.05) is 23.2 Å². The van der Waals surface area contributed by atoms with Crippen LogP contribution in [-0.2, 0) is 4.74 Å². The van der Waals surface area contributed by atoms with Gasteiger partial charge in [0.2, 0.25) is 0 Å². The molecule has 2 atom stereocenters. The van der Waals surface area contributed by atoms with Crippen LogP contribution in [0.5, 0.6) is 0 Å². The molecule has 1 amide bonds. The molecule has 0 bridgehead atoms. The minimum absolute atomic E-state index is 0.132. The van der Waals surface area contributed by atoms with Crippen molar-refractivity contribution in [2.24, 2.45) is 0 Å². The van der Waals surface area contributed by atoms with Crippen LogP contribution < -0.4 is 5.32 Å². The third-order valence-corrected chi connectivity index (χ3v) is 5.45. The maximum Gasteiger partial charge on any atom is 0.252 e. The standard InChI is InChI=1S/C13H14Cl2INO3/c1-7-13(19,2-3-20-7)6-17-12(18)9-4-8(14)5-10(15)11(9)16/h4-5,7,19H,2-3,6H2,1H3,(H,17,18). The van der Waals surface area contributed by atoms with Crippen molar-refractivity contribution >= 4 is 51.7 Å². The Labute approximate surface area is 140 Å². The lowest BCUT2D eigenvalue weighted by Gasteiger charge is -2.26. The van der Waals surface area contributed by atoms with Gasteiger partial charge in [-0.2, -0.15) is 0 Å². The second-order valence-electron chi connectivity index (χ2n) is 4.80. The lowest BCUT2D eigenvalue weighted by molar-refractivity contribution is -0.0251. The molecule has 0 radical (unpaired) electrons. The molecule has 0 aliphatic carbocycles. The molecule has 0 spiro atoms. The highest BCUT2D eigenvalue weighted by atomic mass is 127. The first kappa shape index (κ1) is 16.3. The Balaban J connectivity index is 2.09. The third kappa shape index (κ3) is 3.39. The molecule has 110 valence electrons. The summed E-state index contributed by atoms with van der Waals surface area (Å²) in [5.41, 5.74) is -0.623. The van der Waals surface area contributed by atoms with Crippen LogP contribution in [-0.4, -0.2) is 35.9 Å². The summed E-state index contributed by atoms with van der Waals surface area (Å²) in [6.07, 6.45) is 0.201. The molecule has 1 aliphatic rings. The topological polar surface area (TPSA) is 58.6 Å². The Hall–Kier alpha value is -0.0800. The average Bonchev–Trinajstić information content (AvgIpc) is 2.72. The van der Waals surface area contributed by atoms with E-state index in [9.17, 15) is 9.90 Å². The van der Waals surface area contributed by atoms with E-state index in [0.29, 0.717) is 32.2 Å². The van der Waals surface area contributed by atoms with Crippen molar-refractivity contribution in [2.75, 3.05) is 13.2 Å². The third-order valence-electron chi connectivity index (χ3n) is 3.45. The number of hydrogen-bond acceptors (Lipinski definition) is 3. The number of benzene rings is 1. The SMILES string of the molecule is CC1OCCC1(O)CNC(=O)c1cc(Cl)cc(Cl)c1I. The van der Waals surface area contributed by atoms with Crippen molar-refractivity contribution < 1.29 is 14.6 Å². The molecule has 1 heterocycles. The van der Waals surface area contributed by atoms with Crippen LogP contribution in [0.4, 0.5) is 0 Å². The van der Waals surface area contributed by atoms with Crippen LogP contribution in [0.3, 0.4) is 0 Å². The smallest absolute Gasteiger partial charge is 0.252 e. The van der Waals surface area contributed by atoms with E-state index in [-0.39, 0.29) is 18.6 Å². The largest absolute Gasteiger partial charge is 0.385 e. The van der Waals surface area contributed by atoms with Crippen LogP contribution in [0.25, 0.3) is 0 Å². The van der Waals surface area contributed by atoms with Crippen molar-refractivity contribution in [3.8, 4) is 0 Å². The summed E-state index contributed by atoms with van der Waals surface area (Å²) >= 11 is 13.9. The molecule has 20 heavy (non-hydrogen) atoms. The van der Waals surface area contributed by atoms with E-state index in [2.05, 4.69) is 5.32 Å². The molecule has 0 saturated carbocycles. The fraction of sp³-hybridized carbons (Fsp3) is 0.462. The van der Waals surface area contributed by atoms with E-state index in [4.69, 9.17) is 27.9 Å². The van der Waals surface area contributed by atoms with E-state index in [0.717, 1.165) is 0 Å². The van der Waals surface area contributed by atoms with Gasteiger partial charge in [-0.15, -0.1) is 0 Å². The summed E-state index contributed by atoms with van der Waals surface area (Å²) in [7, 11) is 0. The van der Waals surface area contributed by atoms with E-state index in [1.54, 1.807) is 19.1 Å². The molecule has 1 fully saturated rings. The van der Waals surface area contributed by atoms with Gasteiger partial charge in [0.25, 0.3) is 5.91 Å². The number of halogens is 3. The number of carbonyl (C=O) groups excluding carboxylic acids is 1. The number of amides is 1. The zero-order valence-corrected chi connectivity index (χ0v) is 14.4. The van der Waals surface area contributed by atoms with Gasteiger partial charge in [0.15, 0.2) is 0 Å². The maximum absolute atomic E-state index is 12.2. The normalized spacial score (nSPS) is 25.8. The highest BCUT2D eigenvalue weighted by molar-refractivity contribution is 14.1. The molecule has 1 aromatic rings. The van der Waals surface area contributed by atoms with Crippen LogP contribution in [0, 0.1) is 3.57 Å². The quantitative estimate of drug-likeness (QED) is 0.573. The maximum atomic E-state index is 12.2. The van der Waals surface area contributed by atoms with Gasteiger partial charge >= 0.3 is 0 Å². The average molecular weight is 430 g/mol. The molecule has 7 heteroatoms. The van der Waals surface area contributed by atoms with Gasteiger partial charge in [-0.05, 0) is 41.6 Å². The van der Waals surface area contributed by atoms with E-state index < -0.39 is 5.60 Å². The summed E-state index contributed by atoms with van der Waals surface area (Å²) < 4.78 is 5.96. The second kappa shape index (κ2) is 6.36. The summed E-state index contributed by atoms with van der Waals surface area (Å²) in [5, 5.41) is 13.9. The zero-order chi connectivity index (χ0) is 14.9. The van der Waals surface area contributed by atoms with Crippen LogP contribution in [0.1, 0.15) is 23.7 Å². The number of nitrogens with one attached hydrogen (secondary N) is 1. The number of aliphatic hydroxyl groups is 1. The molecule has 1 saturated heterocycles. The molecular weight excluding hydrogens is 416 g/mol. The number of hydrogen-bond donors (Lipinski definition) is 2. The van der Waals surface area contributed by atoms with E-state index >= 15 is 0 Å². The molecule has 1 aromatic carbocycles. The summed E-state index contributed by atoms with van der Waals surface area (Å²) in [5.74, 6) is -0.314. The van der Waals surface area contributed by atoms with Crippen molar-refractivity contribution in [1.29, 1.82) is 0 Å². The van der Waals surface area contributed by atoms with Crippen molar-refractivity contribution in [3.63, 3.8) is 0 Å². The fourth-order valence-corrected chi connectivity index (χ4v) is 3.10. The Kier molecular flexibility index (Phi) is 5.18.